The van der Waals surface area contributed by atoms with Crippen LogP contribution in [0.4, 0.5) is 9.59 Å². The number of hydrogen-bond acceptors (Lipinski definition) is 5. The lowest BCUT2D eigenvalue weighted by atomic mass is 10.1. The molecule has 0 spiro atoms. The van der Waals surface area contributed by atoms with Crippen LogP contribution in [0, 0.1) is 0 Å². The number of nitrogens with one attached hydrogen (secondary N) is 2. The van der Waals surface area contributed by atoms with Crippen LogP contribution in [-0.2, 0) is 20.9 Å². The van der Waals surface area contributed by atoms with Crippen LogP contribution >= 0.6 is 0 Å². The fourth-order valence-corrected chi connectivity index (χ4v) is 2.19. The van der Waals surface area contributed by atoms with Crippen molar-refractivity contribution in [2.24, 2.45) is 5.73 Å². The minimum atomic E-state index is -0.885. The van der Waals surface area contributed by atoms with E-state index in [-0.39, 0.29) is 19.1 Å². The first-order valence-corrected chi connectivity index (χ1v) is 8.83. The van der Waals surface area contributed by atoms with Gasteiger partial charge in [0.05, 0.1) is 0 Å². The molecule has 0 bridgehead atoms. The van der Waals surface area contributed by atoms with Crippen LogP contribution in [-0.4, -0.2) is 35.8 Å². The average Bonchev–Trinajstić information content (AvgIpc) is 2.55. The van der Waals surface area contributed by atoms with E-state index >= 15 is 0 Å². The van der Waals surface area contributed by atoms with Crippen molar-refractivity contribution in [3.8, 4) is 0 Å². The molecule has 0 fully saturated rings. The first-order chi connectivity index (χ1) is 12.6. The van der Waals surface area contributed by atoms with Crippen molar-refractivity contribution < 1.29 is 23.9 Å². The second-order valence-electron chi connectivity index (χ2n) is 7.29. The van der Waals surface area contributed by atoms with E-state index in [0.29, 0.717) is 6.42 Å². The van der Waals surface area contributed by atoms with E-state index < -0.39 is 29.7 Å². The van der Waals surface area contributed by atoms with Crippen LogP contribution in [0.1, 0.15) is 46.1 Å². The van der Waals surface area contributed by atoms with Gasteiger partial charge in [-0.2, -0.15) is 0 Å². The lowest BCUT2D eigenvalue weighted by Gasteiger charge is -2.23. The highest BCUT2D eigenvalue weighted by atomic mass is 16.6. The van der Waals surface area contributed by atoms with Gasteiger partial charge >= 0.3 is 12.2 Å². The molecule has 0 radical (unpaired) electrons. The number of ether oxygens (including phenoxy) is 2. The predicted molar refractivity (Wildman–Crippen MR) is 101 cm³/mol. The van der Waals surface area contributed by atoms with E-state index in [4.69, 9.17) is 15.2 Å². The highest BCUT2D eigenvalue weighted by Gasteiger charge is 2.23. The van der Waals surface area contributed by atoms with E-state index in [1.165, 1.54) is 0 Å². The standard InChI is InChI=1S/C19H29N3O5/c1-13(21-17(24)26-12-14-8-6-5-7-9-14)10-11-15(16(20)23)22-18(25)27-19(2,3)4/h5-9,13,15H,10-12H2,1-4H3,(H2,20,23)(H,21,24)(H,22,25). The summed E-state index contributed by atoms with van der Waals surface area (Å²) in [5.74, 6) is -0.667. The van der Waals surface area contributed by atoms with Crippen molar-refractivity contribution in [1.29, 1.82) is 0 Å². The van der Waals surface area contributed by atoms with Gasteiger partial charge in [0, 0.05) is 6.04 Å². The van der Waals surface area contributed by atoms with Crippen LogP contribution in [0.2, 0.25) is 0 Å². The fraction of sp³-hybridized carbons (Fsp3) is 0.526. The average molecular weight is 379 g/mol. The minimum Gasteiger partial charge on any atom is -0.445 e. The number of amides is 3. The molecular weight excluding hydrogens is 350 g/mol. The zero-order valence-corrected chi connectivity index (χ0v) is 16.3. The van der Waals surface area contributed by atoms with Gasteiger partial charge in [-0.25, -0.2) is 9.59 Å². The molecule has 3 amide bonds. The molecule has 8 nitrogen and oxygen atoms in total. The molecule has 150 valence electrons. The summed E-state index contributed by atoms with van der Waals surface area (Å²) in [5.41, 5.74) is 5.54. The number of primary amides is 1. The number of rotatable bonds is 8. The Morgan fingerprint density at radius 1 is 1.04 bits per heavy atom. The molecule has 0 aliphatic rings. The summed E-state index contributed by atoms with van der Waals surface area (Å²) >= 11 is 0. The maximum atomic E-state index is 11.8. The molecular formula is C19H29N3O5. The highest BCUT2D eigenvalue weighted by Crippen LogP contribution is 2.08. The molecule has 0 saturated heterocycles. The molecule has 0 aromatic heterocycles. The molecule has 2 unspecified atom stereocenters. The molecule has 27 heavy (non-hydrogen) atoms. The Hall–Kier alpha value is -2.77. The molecule has 4 N–H and O–H groups in total. The van der Waals surface area contributed by atoms with Gasteiger partial charge in [0.2, 0.25) is 5.91 Å². The van der Waals surface area contributed by atoms with Crippen LogP contribution in [0.25, 0.3) is 0 Å². The van der Waals surface area contributed by atoms with E-state index in [1.54, 1.807) is 27.7 Å². The first kappa shape index (κ1) is 22.3. The molecule has 8 heteroatoms. The topological polar surface area (TPSA) is 120 Å². The van der Waals surface area contributed by atoms with Crippen LogP contribution in [0.3, 0.4) is 0 Å². The van der Waals surface area contributed by atoms with Gasteiger partial charge < -0.3 is 25.8 Å². The Balaban J connectivity index is 2.38. The van der Waals surface area contributed by atoms with Gasteiger partial charge in [-0.3, -0.25) is 4.79 Å². The molecule has 0 aliphatic heterocycles. The summed E-state index contributed by atoms with van der Waals surface area (Å²) in [4.78, 5) is 35.1. The summed E-state index contributed by atoms with van der Waals surface area (Å²) in [6.07, 6.45) is -0.588. The van der Waals surface area contributed by atoms with Crippen molar-refractivity contribution in [2.75, 3.05) is 0 Å². The van der Waals surface area contributed by atoms with Gasteiger partial charge in [0.15, 0.2) is 0 Å². The number of benzene rings is 1. The molecule has 0 aliphatic carbocycles. The van der Waals surface area contributed by atoms with E-state index in [0.717, 1.165) is 5.56 Å². The van der Waals surface area contributed by atoms with Gasteiger partial charge in [-0.05, 0) is 46.1 Å². The monoisotopic (exact) mass is 379 g/mol. The number of hydrogen-bond donors (Lipinski definition) is 3. The van der Waals surface area contributed by atoms with Crippen molar-refractivity contribution in [2.45, 2.75) is 64.8 Å². The Kier molecular flexibility index (Phi) is 8.58. The smallest absolute Gasteiger partial charge is 0.408 e. The Labute approximate surface area is 159 Å². The Bertz CT molecular complexity index is 628. The molecule has 2 atom stereocenters. The lowest BCUT2D eigenvalue weighted by Crippen LogP contribution is -2.47. The Morgan fingerprint density at radius 2 is 1.67 bits per heavy atom. The van der Waals surface area contributed by atoms with Crippen molar-refractivity contribution in [3.63, 3.8) is 0 Å². The largest absolute Gasteiger partial charge is 0.445 e. The minimum absolute atomic E-state index is 0.170. The van der Waals surface area contributed by atoms with Crippen molar-refractivity contribution in [3.05, 3.63) is 35.9 Å². The summed E-state index contributed by atoms with van der Waals surface area (Å²) in [6, 6.07) is 8.17. The second kappa shape index (κ2) is 10.4. The number of alkyl carbamates (subject to hydrolysis) is 2. The SMILES string of the molecule is CC(CCC(NC(=O)OC(C)(C)C)C(N)=O)NC(=O)OCc1ccccc1. The molecule has 1 rings (SSSR count). The van der Waals surface area contributed by atoms with E-state index in [9.17, 15) is 14.4 Å². The zero-order valence-electron chi connectivity index (χ0n) is 16.3. The second-order valence-corrected chi connectivity index (χ2v) is 7.29. The molecule has 0 heterocycles. The van der Waals surface area contributed by atoms with Crippen LogP contribution in [0.15, 0.2) is 30.3 Å². The third-order valence-electron chi connectivity index (χ3n) is 3.50. The summed E-state index contributed by atoms with van der Waals surface area (Å²) < 4.78 is 10.3. The molecule has 0 saturated carbocycles. The van der Waals surface area contributed by atoms with E-state index in [2.05, 4.69) is 10.6 Å². The number of nitrogens with two attached hydrogens (primary N) is 1. The maximum Gasteiger partial charge on any atom is 0.408 e. The lowest BCUT2D eigenvalue weighted by molar-refractivity contribution is -0.120. The normalized spacial score (nSPS) is 13.2. The number of carbonyl (C=O) groups excluding carboxylic acids is 3. The van der Waals surface area contributed by atoms with Gasteiger partial charge in [0.25, 0.3) is 0 Å². The Morgan fingerprint density at radius 3 is 2.22 bits per heavy atom. The number of carbonyl (C=O) groups is 3. The third kappa shape index (κ3) is 10.1. The summed E-state index contributed by atoms with van der Waals surface area (Å²) in [5, 5.41) is 5.13. The highest BCUT2D eigenvalue weighted by molar-refractivity contribution is 5.84. The molecule has 1 aromatic rings. The summed E-state index contributed by atoms with van der Waals surface area (Å²) in [7, 11) is 0. The first-order valence-electron chi connectivity index (χ1n) is 8.83. The van der Waals surface area contributed by atoms with Gasteiger partial charge in [-0.15, -0.1) is 0 Å². The third-order valence-corrected chi connectivity index (χ3v) is 3.50. The summed E-state index contributed by atoms with van der Waals surface area (Å²) in [6.45, 7) is 7.11. The van der Waals surface area contributed by atoms with E-state index in [1.807, 2.05) is 30.3 Å². The van der Waals surface area contributed by atoms with Gasteiger partial charge in [-0.1, -0.05) is 30.3 Å². The zero-order chi connectivity index (χ0) is 20.4. The quantitative estimate of drug-likeness (QED) is 0.641. The predicted octanol–water partition coefficient (Wildman–Crippen LogP) is 2.46. The van der Waals surface area contributed by atoms with Crippen LogP contribution in [0.5, 0.6) is 0 Å². The van der Waals surface area contributed by atoms with Crippen molar-refractivity contribution >= 4 is 18.1 Å². The molecule has 1 aromatic carbocycles. The van der Waals surface area contributed by atoms with Crippen LogP contribution < -0.4 is 16.4 Å². The van der Waals surface area contributed by atoms with Gasteiger partial charge in [0.1, 0.15) is 18.2 Å². The fourth-order valence-electron chi connectivity index (χ4n) is 2.19. The van der Waals surface area contributed by atoms with Crippen molar-refractivity contribution in [1.82, 2.24) is 10.6 Å². The maximum absolute atomic E-state index is 11.8.